The number of cyclic esters (lactones) is 1. The Bertz CT molecular complexity index is 327. The highest BCUT2D eigenvalue weighted by molar-refractivity contribution is 5.73. The van der Waals surface area contributed by atoms with Crippen molar-refractivity contribution in [3.05, 3.63) is 0 Å². The Hall–Kier alpha value is -1.30. The molecule has 1 atom stereocenters. The Morgan fingerprint density at radius 3 is 2.76 bits per heavy atom. The van der Waals surface area contributed by atoms with Gasteiger partial charge in [-0.2, -0.15) is 0 Å². The minimum atomic E-state index is -0.953. The third-order valence-electron chi connectivity index (χ3n) is 3.21. The summed E-state index contributed by atoms with van der Waals surface area (Å²) in [4.78, 5) is 24.5. The SMILES string of the molecule is CC(=O)O[C@@]1(C)COC(=O)N1C1CCNCC1. The van der Waals surface area contributed by atoms with Crippen LogP contribution in [0.15, 0.2) is 0 Å². The first-order chi connectivity index (χ1) is 8.03. The number of esters is 1. The van der Waals surface area contributed by atoms with Crippen molar-refractivity contribution in [1.29, 1.82) is 0 Å². The first kappa shape index (κ1) is 12.2. The second-order valence-corrected chi connectivity index (χ2v) is 4.67. The van der Waals surface area contributed by atoms with Crippen molar-refractivity contribution >= 4 is 12.1 Å². The predicted molar refractivity (Wildman–Crippen MR) is 59.2 cm³/mol. The Kier molecular flexibility index (Phi) is 3.24. The summed E-state index contributed by atoms with van der Waals surface area (Å²) in [6, 6.07) is 0.0793. The van der Waals surface area contributed by atoms with E-state index in [9.17, 15) is 9.59 Å². The number of hydrogen-bond acceptors (Lipinski definition) is 5. The Labute approximate surface area is 100 Å². The fourth-order valence-corrected chi connectivity index (χ4v) is 2.52. The molecule has 1 N–H and O–H groups in total. The van der Waals surface area contributed by atoms with E-state index in [1.807, 2.05) is 0 Å². The van der Waals surface area contributed by atoms with Crippen molar-refractivity contribution in [1.82, 2.24) is 10.2 Å². The first-order valence-corrected chi connectivity index (χ1v) is 5.89. The molecule has 2 aliphatic heterocycles. The molecule has 0 saturated carbocycles. The molecule has 0 aromatic heterocycles. The molecule has 6 nitrogen and oxygen atoms in total. The van der Waals surface area contributed by atoms with Crippen LogP contribution in [0.1, 0.15) is 26.7 Å². The topological polar surface area (TPSA) is 67.9 Å². The zero-order valence-electron chi connectivity index (χ0n) is 10.2. The maximum Gasteiger partial charge on any atom is 0.413 e. The fourth-order valence-electron chi connectivity index (χ4n) is 2.52. The lowest BCUT2D eigenvalue weighted by Gasteiger charge is -2.38. The number of rotatable bonds is 2. The van der Waals surface area contributed by atoms with Gasteiger partial charge in [-0.05, 0) is 32.9 Å². The van der Waals surface area contributed by atoms with E-state index in [1.165, 1.54) is 6.92 Å². The quantitative estimate of drug-likeness (QED) is 0.713. The number of nitrogens with one attached hydrogen (secondary N) is 1. The van der Waals surface area contributed by atoms with Crippen LogP contribution >= 0.6 is 0 Å². The van der Waals surface area contributed by atoms with Crippen LogP contribution in [0.2, 0.25) is 0 Å². The Morgan fingerprint density at radius 1 is 1.53 bits per heavy atom. The van der Waals surface area contributed by atoms with Gasteiger partial charge < -0.3 is 14.8 Å². The molecule has 2 fully saturated rings. The predicted octanol–water partition coefficient (Wildman–Crippen LogP) is 0.470. The molecule has 0 unspecified atom stereocenters. The van der Waals surface area contributed by atoms with Crippen molar-refractivity contribution in [2.45, 2.75) is 38.5 Å². The van der Waals surface area contributed by atoms with Crippen LogP contribution in [0.3, 0.4) is 0 Å². The molecule has 96 valence electrons. The minimum Gasteiger partial charge on any atom is -0.443 e. The van der Waals surface area contributed by atoms with E-state index in [0.717, 1.165) is 25.9 Å². The zero-order valence-corrected chi connectivity index (χ0v) is 10.2. The van der Waals surface area contributed by atoms with Crippen molar-refractivity contribution in [2.24, 2.45) is 0 Å². The molecule has 0 aromatic carbocycles. The van der Waals surface area contributed by atoms with Gasteiger partial charge in [0.05, 0.1) is 0 Å². The molecule has 0 spiro atoms. The van der Waals surface area contributed by atoms with Gasteiger partial charge in [0, 0.05) is 13.0 Å². The summed E-state index contributed by atoms with van der Waals surface area (Å²) in [5, 5.41) is 3.23. The Balaban J connectivity index is 2.15. The van der Waals surface area contributed by atoms with Crippen LogP contribution in [0, 0.1) is 0 Å². The fraction of sp³-hybridized carbons (Fsp3) is 0.818. The van der Waals surface area contributed by atoms with Crippen LogP contribution in [0.25, 0.3) is 0 Å². The van der Waals surface area contributed by atoms with Gasteiger partial charge in [0.15, 0.2) is 6.61 Å². The molecular formula is C11H18N2O4. The second kappa shape index (κ2) is 4.52. The van der Waals surface area contributed by atoms with E-state index in [1.54, 1.807) is 11.8 Å². The lowest BCUT2D eigenvalue weighted by molar-refractivity contribution is -0.171. The van der Waals surface area contributed by atoms with E-state index in [0.29, 0.717) is 0 Å². The third-order valence-corrected chi connectivity index (χ3v) is 3.21. The normalized spacial score (nSPS) is 30.2. The lowest BCUT2D eigenvalue weighted by atomic mass is 10.0. The van der Waals surface area contributed by atoms with Crippen molar-refractivity contribution in [3.63, 3.8) is 0 Å². The summed E-state index contributed by atoms with van der Waals surface area (Å²) in [7, 11) is 0. The largest absolute Gasteiger partial charge is 0.443 e. The van der Waals surface area contributed by atoms with Gasteiger partial charge in [0.1, 0.15) is 0 Å². The molecular weight excluding hydrogens is 224 g/mol. The first-order valence-electron chi connectivity index (χ1n) is 5.89. The highest BCUT2D eigenvalue weighted by atomic mass is 16.6. The standard InChI is InChI=1S/C11H18N2O4/c1-8(14)17-11(2)7-16-10(15)13(11)9-3-5-12-6-4-9/h9,12H,3-7H2,1-2H3/t11-/m0/s1. The molecule has 0 aliphatic carbocycles. The number of hydrogen-bond donors (Lipinski definition) is 1. The molecule has 0 aromatic rings. The van der Waals surface area contributed by atoms with E-state index in [2.05, 4.69) is 5.32 Å². The smallest absolute Gasteiger partial charge is 0.413 e. The number of piperidine rings is 1. The van der Waals surface area contributed by atoms with E-state index in [-0.39, 0.29) is 18.7 Å². The highest BCUT2D eigenvalue weighted by Crippen LogP contribution is 2.30. The van der Waals surface area contributed by atoms with E-state index >= 15 is 0 Å². The van der Waals surface area contributed by atoms with Crippen LogP contribution < -0.4 is 5.32 Å². The van der Waals surface area contributed by atoms with Gasteiger partial charge in [-0.15, -0.1) is 0 Å². The minimum absolute atomic E-state index is 0.0793. The maximum absolute atomic E-state index is 11.8. The summed E-state index contributed by atoms with van der Waals surface area (Å²) in [6.45, 7) is 4.90. The van der Waals surface area contributed by atoms with Gasteiger partial charge in [-0.1, -0.05) is 0 Å². The number of amides is 1. The van der Waals surface area contributed by atoms with Crippen molar-refractivity contribution in [2.75, 3.05) is 19.7 Å². The number of carbonyl (C=O) groups excluding carboxylic acids is 2. The molecule has 17 heavy (non-hydrogen) atoms. The molecule has 2 aliphatic rings. The van der Waals surface area contributed by atoms with Crippen LogP contribution in [0.4, 0.5) is 4.79 Å². The van der Waals surface area contributed by atoms with Crippen molar-refractivity contribution in [3.8, 4) is 0 Å². The summed E-state index contributed by atoms with van der Waals surface area (Å²) < 4.78 is 10.3. The molecule has 2 rings (SSSR count). The molecule has 0 bridgehead atoms. The molecule has 1 amide bonds. The van der Waals surface area contributed by atoms with Gasteiger partial charge >= 0.3 is 12.1 Å². The van der Waals surface area contributed by atoms with E-state index in [4.69, 9.17) is 9.47 Å². The number of nitrogens with zero attached hydrogens (tertiary/aromatic N) is 1. The summed E-state index contributed by atoms with van der Waals surface area (Å²) >= 11 is 0. The molecule has 6 heteroatoms. The van der Waals surface area contributed by atoms with E-state index < -0.39 is 11.7 Å². The zero-order chi connectivity index (χ0) is 12.5. The number of ether oxygens (including phenoxy) is 2. The van der Waals surface area contributed by atoms with Gasteiger partial charge in [-0.3, -0.25) is 9.69 Å². The van der Waals surface area contributed by atoms with Crippen LogP contribution in [-0.4, -0.2) is 48.4 Å². The lowest BCUT2D eigenvalue weighted by Crippen LogP contribution is -2.55. The molecule has 2 heterocycles. The summed E-state index contributed by atoms with van der Waals surface area (Å²) in [5.74, 6) is -0.398. The molecule has 0 radical (unpaired) electrons. The summed E-state index contributed by atoms with van der Waals surface area (Å²) in [5.41, 5.74) is -0.953. The van der Waals surface area contributed by atoms with Gasteiger partial charge in [-0.25, -0.2) is 4.79 Å². The number of carbonyl (C=O) groups is 2. The van der Waals surface area contributed by atoms with Gasteiger partial charge in [0.2, 0.25) is 5.72 Å². The van der Waals surface area contributed by atoms with Crippen molar-refractivity contribution < 1.29 is 19.1 Å². The second-order valence-electron chi connectivity index (χ2n) is 4.67. The average molecular weight is 242 g/mol. The monoisotopic (exact) mass is 242 g/mol. The Morgan fingerprint density at radius 2 is 2.18 bits per heavy atom. The van der Waals surface area contributed by atoms with Crippen LogP contribution in [0.5, 0.6) is 0 Å². The third kappa shape index (κ3) is 2.36. The van der Waals surface area contributed by atoms with Crippen LogP contribution in [-0.2, 0) is 14.3 Å². The summed E-state index contributed by atoms with van der Waals surface area (Å²) in [6.07, 6.45) is 1.32. The highest BCUT2D eigenvalue weighted by Gasteiger charge is 2.50. The molecule has 2 saturated heterocycles. The average Bonchev–Trinajstić information content (AvgIpc) is 2.54. The van der Waals surface area contributed by atoms with Gasteiger partial charge in [0.25, 0.3) is 0 Å². The maximum atomic E-state index is 11.8.